The Labute approximate surface area is 98.9 Å². The van der Waals surface area contributed by atoms with E-state index in [1.54, 1.807) is 18.2 Å². The van der Waals surface area contributed by atoms with Gasteiger partial charge in [-0.3, -0.25) is 5.10 Å². The zero-order valence-electron chi connectivity index (χ0n) is 9.14. The van der Waals surface area contributed by atoms with Crippen molar-refractivity contribution in [2.45, 2.75) is 4.90 Å². The molecule has 2 rings (SSSR count). The lowest BCUT2D eigenvalue weighted by molar-refractivity contribution is 0.588. The van der Waals surface area contributed by atoms with Gasteiger partial charge in [-0.25, -0.2) is 13.1 Å². The van der Waals surface area contributed by atoms with Crippen molar-refractivity contribution in [2.75, 3.05) is 12.8 Å². The molecule has 6 nitrogen and oxygen atoms in total. The first-order valence-electron chi connectivity index (χ1n) is 4.88. The lowest BCUT2D eigenvalue weighted by Crippen LogP contribution is -2.18. The van der Waals surface area contributed by atoms with Gasteiger partial charge < -0.3 is 5.73 Å². The predicted octanol–water partition coefficient (Wildman–Crippen LogP) is 0.567. The third-order valence-corrected chi connectivity index (χ3v) is 3.77. The van der Waals surface area contributed by atoms with Crippen molar-refractivity contribution in [3.05, 3.63) is 30.3 Å². The van der Waals surface area contributed by atoms with Crippen LogP contribution in [0, 0.1) is 0 Å². The molecule has 1 aromatic carbocycles. The number of nitrogens with two attached hydrogens (primary N) is 1. The molecule has 0 aliphatic heterocycles. The summed E-state index contributed by atoms with van der Waals surface area (Å²) in [6, 6.07) is 8.12. The minimum absolute atomic E-state index is 0.219. The number of aromatic amines is 1. The number of rotatable bonds is 3. The first-order chi connectivity index (χ1) is 8.03. The number of nitrogens with one attached hydrogen (secondary N) is 2. The largest absolute Gasteiger partial charge is 0.382 e. The molecule has 0 radical (unpaired) electrons. The van der Waals surface area contributed by atoms with E-state index in [1.807, 2.05) is 0 Å². The monoisotopic (exact) mass is 252 g/mol. The fourth-order valence-electron chi connectivity index (χ4n) is 1.42. The predicted molar refractivity (Wildman–Crippen MR) is 64.7 cm³/mol. The van der Waals surface area contributed by atoms with E-state index in [9.17, 15) is 8.42 Å². The summed E-state index contributed by atoms with van der Waals surface area (Å²) >= 11 is 0. The molecule has 0 fully saturated rings. The van der Waals surface area contributed by atoms with E-state index < -0.39 is 10.0 Å². The molecule has 7 heteroatoms. The molecule has 0 saturated carbocycles. The standard InChI is InChI=1S/C10H12N4O2S/c1-12-17(15,16)8-4-2-7(3-5-8)9-6-10(11)14-13-9/h2-6,12H,1H3,(H3,11,13,14). The zero-order valence-corrected chi connectivity index (χ0v) is 9.95. The third-order valence-electron chi connectivity index (χ3n) is 2.34. The number of benzene rings is 1. The highest BCUT2D eigenvalue weighted by molar-refractivity contribution is 7.89. The van der Waals surface area contributed by atoms with Crippen molar-refractivity contribution in [1.82, 2.24) is 14.9 Å². The van der Waals surface area contributed by atoms with Gasteiger partial charge >= 0.3 is 0 Å². The molecule has 0 saturated heterocycles. The van der Waals surface area contributed by atoms with Crippen molar-refractivity contribution >= 4 is 15.8 Å². The summed E-state index contributed by atoms with van der Waals surface area (Å²) in [6.45, 7) is 0. The molecule has 0 atom stereocenters. The van der Waals surface area contributed by atoms with Gasteiger partial charge in [0.1, 0.15) is 5.82 Å². The molecule has 0 aliphatic carbocycles. The van der Waals surface area contributed by atoms with E-state index in [-0.39, 0.29) is 4.90 Å². The minimum atomic E-state index is -3.39. The van der Waals surface area contributed by atoms with Crippen LogP contribution in [0.5, 0.6) is 0 Å². The summed E-state index contributed by atoms with van der Waals surface area (Å²) in [7, 11) is -2.02. The number of H-pyrrole nitrogens is 1. The van der Waals surface area contributed by atoms with Gasteiger partial charge in [0.25, 0.3) is 0 Å². The maximum atomic E-state index is 11.5. The van der Waals surface area contributed by atoms with Gasteiger partial charge in [-0.15, -0.1) is 0 Å². The van der Waals surface area contributed by atoms with Gasteiger partial charge in [-0.1, -0.05) is 12.1 Å². The molecule has 0 unspecified atom stereocenters. The molecule has 90 valence electrons. The Morgan fingerprint density at radius 3 is 2.41 bits per heavy atom. The SMILES string of the molecule is CNS(=O)(=O)c1ccc(-c2cc(N)n[nH]2)cc1. The van der Waals surface area contributed by atoms with E-state index in [2.05, 4.69) is 14.9 Å². The normalized spacial score (nSPS) is 11.6. The Morgan fingerprint density at radius 1 is 1.29 bits per heavy atom. The number of nitrogens with zero attached hydrogens (tertiary/aromatic N) is 1. The summed E-state index contributed by atoms with van der Waals surface area (Å²) in [5.74, 6) is 0.395. The summed E-state index contributed by atoms with van der Waals surface area (Å²) in [6.07, 6.45) is 0. The van der Waals surface area contributed by atoms with Crippen molar-refractivity contribution in [3.63, 3.8) is 0 Å². The molecule has 2 aromatic rings. The first kappa shape index (κ1) is 11.6. The van der Waals surface area contributed by atoms with Gasteiger partial charge in [-0.2, -0.15) is 5.10 Å². The highest BCUT2D eigenvalue weighted by Crippen LogP contribution is 2.20. The van der Waals surface area contributed by atoms with Crippen LogP contribution < -0.4 is 10.5 Å². The summed E-state index contributed by atoms with van der Waals surface area (Å²) in [5, 5.41) is 6.56. The molecule has 1 aromatic heterocycles. The molecule has 0 amide bonds. The quantitative estimate of drug-likeness (QED) is 0.743. The summed E-state index contributed by atoms with van der Waals surface area (Å²) in [5.41, 5.74) is 7.06. The second-order valence-electron chi connectivity index (χ2n) is 3.44. The highest BCUT2D eigenvalue weighted by Gasteiger charge is 2.11. The lowest BCUT2D eigenvalue weighted by atomic mass is 10.1. The third kappa shape index (κ3) is 2.29. The molecule has 0 aliphatic rings. The fourth-order valence-corrected chi connectivity index (χ4v) is 2.15. The Balaban J connectivity index is 2.37. The van der Waals surface area contributed by atoms with Crippen molar-refractivity contribution in [2.24, 2.45) is 0 Å². The number of nitrogen functional groups attached to an aromatic ring is 1. The van der Waals surface area contributed by atoms with Gasteiger partial charge in [0.2, 0.25) is 10.0 Å². The van der Waals surface area contributed by atoms with E-state index in [0.717, 1.165) is 11.3 Å². The number of hydrogen-bond acceptors (Lipinski definition) is 4. The average molecular weight is 252 g/mol. The zero-order chi connectivity index (χ0) is 12.5. The van der Waals surface area contributed by atoms with Crippen LogP contribution in [-0.2, 0) is 10.0 Å². The first-order valence-corrected chi connectivity index (χ1v) is 6.36. The van der Waals surface area contributed by atoms with Crippen LogP contribution in [0.2, 0.25) is 0 Å². The number of anilines is 1. The van der Waals surface area contributed by atoms with Gasteiger partial charge in [0, 0.05) is 6.07 Å². The maximum absolute atomic E-state index is 11.5. The molecule has 0 bridgehead atoms. The van der Waals surface area contributed by atoms with Crippen LogP contribution in [0.4, 0.5) is 5.82 Å². The van der Waals surface area contributed by atoms with Crippen LogP contribution in [0.25, 0.3) is 11.3 Å². The molecular weight excluding hydrogens is 240 g/mol. The Bertz CT molecular complexity index is 616. The average Bonchev–Trinajstić information content (AvgIpc) is 2.76. The van der Waals surface area contributed by atoms with Gasteiger partial charge in [0.15, 0.2) is 0 Å². The van der Waals surface area contributed by atoms with E-state index in [4.69, 9.17) is 5.73 Å². The van der Waals surface area contributed by atoms with E-state index in [0.29, 0.717) is 5.82 Å². The lowest BCUT2D eigenvalue weighted by Gasteiger charge is -2.03. The molecule has 17 heavy (non-hydrogen) atoms. The fraction of sp³-hybridized carbons (Fsp3) is 0.100. The minimum Gasteiger partial charge on any atom is -0.382 e. The van der Waals surface area contributed by atoms with Crippen LogP contribution in [0.3, 0.4) is 0 Å². The molecule has 1 heterocycles. The van der Waals surface area contributed by atoms with Crippen LogP contribution in [0.1, 0.15) is 0 Å². The number of aromatic nitrogens is 2. The Hall–Kier alpha value is -1.86. The number of sulfonamides is 1. The second kappa shape index (κ2) is 4.19. The molecular formula is C10H12N4O2S. The second-order valence-corrected chi connectivity index (χ2v) is 5.32. The van der Waals surface area contributed by atoms with E-state index in [1.165, 1.54) is 19.2 Å². The van der Waals surface area contributed by atoms with Crippen LogP contribution in [0.15, 0.2) is 35.2 Å². The highest BCUT2D eigenvalue weighted by atomic mass is 32.2. The number of hydrogen-bond donors (Lipinski definition) is 3. The Kier molecular flexibility index (Phi) is 2.86. The van der Waals surface area contributed by atoms with Crippen molar-refractivity contribution in [3.8, 4) is 11.3 Å². The summed E-state index contributed by atoms with van der Waals surface area (Å²) in [4.78, 5) is 0.219. The summed E-state index contributed by atoms with van der Waals surface area (Å²) < 4.78 is 25.3. The van der Waals surface area contributed by atoms with Gasteiger partial charge in [-0.05, 0) is 24.7 Å². The molecule has 0 spiro atoms. The smallest absolute Gasteiger partial charge is 0.240 e. The van der Waals surface area contributed by atoms with Crippen LogP contribution >= 0.6 is 0 Å². The van der Waals surface area contributed by atoms with Gasteiger partial charge in [0.05, 0.1) is 10.6 Å². The molecule has 4 N–H and O–H groups in total. The maximum Gasteiger partial charge on any atom is 0.240 e. The van der Waals surface area contributed by atoms with Crippen molar-refractivity contribution < 1.29 is 8.42 Å². The Morgan fingerprint density at radius 2 is 1.94 bits per heavy atom. The van der Waals surface area contributed by atoms with E-state index >= 15 is 0 Å². The topological polar surface area (TPSA) is 101 Å². The van der Waals surface area contributed by atoms with Crippen molar-refractivity contribution in [1.29, 1.82) is 0 Å². The van der Waals surface area contributed by atoms with Crippen LogP contribution in [-0.4, -0.2) is 25.7 Å².